The number of hydrogen-bond donors (Lipinski definition) is 0. The topological polar surface area (TPSA) is 64.7 Å². The van der Waals surface area contributed by atoms with Gasteiger partial charge >= 0.3 is 0 Å². The van der Waals surface area contributed by atoms with Crippen molar-refractivity contribution < 1.29 is 4.52 Å². The zero-order valence-corrected chi connectivity index (χ0v) is 6.56. The Bertz CT molecular complexity index is 374. The zero-order valence-electron chi connectivity index (χ0n) is 5.81. The monoisotopic (exact) mass is 182 g/mol. The number of aromatic nitrogens is 4. The molecule has 0 radical (unpaired) electrons. The largest absolute Gasteiger partial charge is 0.333 e. The van der Waals surface area contributed by atoms with E-state index in [2.05, 4.69) is 20.1 Å². The van der Waals surface area contributed by atoms with Crippen molar-refractivity contribution in [1.82, 2.24) is 20.1 Å². The van der Waals surface area contributed by atoms with E-state index in [-0.39, 0.29) is 5.28 Å². The van der Waals surface area contributed by atoms with Gasteiger partial charge in [-0.2, -0.15) is 4.98 Å². The second-order valence-corrected chi connectivity index (χ2v) is 2.33. The maximum atomic E-state index is 5.45. The Morgan fingerprint density at radius 1 is 1.25 bits per heavy atom. The molecule has 6 heteroatoms. The highest BCUT2D eigenvalue weighted by atomic mass is 35.5. The van der Waals surface area contributed by atoms with E-state index in [0.29, 0.717) is 11.5 Å². The van der Waals surface area contributed by atoms with Crippen LogP contribution in [-0.4, -0.2) is 20.1 Å². The average molecular weight is 183 g/mol. The van der Waals surface area contributed by atoms with Crippen LogP contribution in [0.3, 0.4) is 0 Å². The van der Waals surface area contributed by atoms with Crippen LogP contribution in [0.4, 0.5) is 0 Å². The minimum Gasteiger partial charge on any atom is -0.333 e. The van der Waals surface area contributed by atoms with Crippen molar-refractivity contribution in [3.8, 4) is 11.5 Å². The molecule has 0 aliphatic heterocycles. The molecule has 2 aromatic rings. The molecule has 0 unspecified atom stereocenters. The van der Waals surface area contributed by atoms with Crippen LogP contribution in [0.15, 0.2) is 23.2 Å². The normalized spacial score (nSPS) is 10.1. The molecule has 0 bridgehead atoms. The highest BCUT2D eigenvalue weighted by Gasteiger charge is 2.06. The molecular formula is C6H3ClN4O. The Kier molecular flexibility index (Phi) is 1.71. The Balaban J connectivity index is 2.45. The number of rotatable bonds is 1. The second-order valence-electron chi connectivity index (χ2n) is 2.00. The molecule has 2 aromatic heterocycles. The summed E-state index contributed by atoms with van der Waals surface area (Å²) in [6.45, 7) is 0. The van der Waals surface area contributed by atoms with Gasteiger partial charge in [0.2, 0.25) is 0 Å². The van der Waals surface area contributed by atoms with Crippen molar-refractivity contribution >= 4 is 11.6 Å². The highest BCUT2D eigenvalue weighted by molar-refractivity contribution is 6.28. The van der Waals surface area contributed by atoms with Gasteiger partial charge in [-0.25, -0.2) is 9.97 Å². The molecule has 60 valence electrons. The Morgan fingerprint density at radius 2 is 2.00 bits per heavy atom. The summed E-state index contributed by atoms with van der Waals surface area (Å²) >= 11 is 5.45. The minimum absolute atomic E-state index is 0.0776. The van der Waals surface area contributed by atoms with Gasteiger partial charge in [-0.3, -0.25) is 0 Å². The maximum Gasteiger partial charge on any atom is 0.264 e. The summed E-state index contributed by atoms with van der Waals surface area (Å²) < 4.78 is 4.78. The number of halogens is 1. The van der Waals surface area contributed by atoms with Crippen molar-refractivity contribution in [2.45, 2.75) is 0 Å². The quantitative estimate of drug-likeness (QED) is 0.663. The van der Waals surface area contributed by atoms with Gasteiger partial charge in [-0.1, -0.05) is 0 Å². The number of hydrogen-bond acceptors (Lipinski definition) is 5. The molecule has 0 N–H and O–H groups in total. The first-order valence-corrected chi connectivity index (χ1v) is 3.48. The van der Waals surface area contributed by atoms with Crippen molar-refractivity contribution in [2.24, 2.45) is 0 Å². The Morgan fingerprint density at radius 3 is 2.58 bits per heavy atom. The van der Waals surface area contributed by atoms with Gasteiger partial charge in [0.15, 0.2) is 0 Å². The first-order valence-electron chi connectivity index (χ1n) is 3.11. The first-order chi connectivity index (χ1) is 5.86. The van der Waals surface area contributed by atoms with Crippen molar-refractivity contribution in [2.75, 3.05) is 0 Å². The van der Waals surface area contributed by atoms with E-state index in [1.54, 1.807) is 12.4 Å². The van der Waals surface area contributed by atoms with Crippen molar-refractivity contribution in [1.29, 1.82) is 0 Å². The fourth-order valence-corrected chi connectivity index (χ4v) is 0.844. The molecule has 0 spiro atoms. The fourth-order valence-electron chi connectivity index (χ4n) is 0.732. The third-order valence-corrected chi connectivity index (χ3v) is 1.36. The summed E-state index contributed by atoms with van der Waals surface area (Å²) in [7, 11) is 0. The predicted molar refractivity (Wildman–Crippen MR) is 40.3 cm³/mol. The van der Waals surface area contributed by atoms with E-state index in [9.17, 15) is 0 Å². The smallest absolute Gasteiger partial charge is 0.264 e. The average Bonchev–Trinajstić information content (AvgIpc) is 2.54. The summed E-state index contributed by atoms with van der Waals surface area (Å²) in [6.07, 6.45) is 4.55. The third-order valence-electron chi connectivity index (χ3n) is 1.21. The predicted octanol–water partition coefficient (Wildman–Crippen LogP) is 1.18. The lowest BCUT2D eigenvalue weighted by Crippen LogP contribution is -1.80. The second kappa shape index (κ2) is 2.86. The molecule has 2 rings (SSSR count). The van der Waals surface area contributed by atoms with Gasteiger partial charge < -0.3 is 4.52 Å². The molecule has 0 saturated heterocycles. The van der Waals surface area contributed by atoms with Crippen LogP contribution < -0.4 is 0 Å². The van der Waals surface area contributed by atoms with Crippen LogP contribution in [0, 0.1) is 0 Å². The zero-order chi connectivity index (χ0) is 8.39. The standard InChI is InChI=1S/C6H3ClN4O/c7-6-10-5(12-11-6)4-1-8-3-9-2-4/h1-3H. The van der Waals surface area contributed by atoms with Crippen LogP contribution in [0.25, 0.3) is 11.5 Å². The van der Waals surface area contributed by atoms with E-state index in [1.807, 2.05) is 0 Å². The molecule has 0 saturated carbocycles. The lowest BCUT2D eigenvalue weighted by atomic mass is 10.3. The molecule has 0 aromatic carbocycles. The van der Waals surface area contributed by atoms with Gasteiger partial charge in [0.05, 0.1) is 5.56 Å². The summed E-state index contributed by atoms with van der Waals surface area (Å²) in [5, 5.41) is 3.49. The summed E-state index contributed by atoms with van der Waals surface area (Å²) in [5.41, 5.74) is 0.650. The van der Waals surface area contributed by atoms with Crippen molar-refractivity contribution in [3.63, 3.8) is 0 Å². The van der Waals surface area contributed by atoms with Gasteiger partial charge in [0, 0.05) is 12.4 Å². The molecule has 0 atom stereocenters. The van der Waals surface area contributed by atoms with Crippen LogP contribution in [0.1, 0.15) is 0 Å². The van der Waals surface area contributed by atoms with Crippen LogP contribution in [0.5, 0.6) is 0 Å². The molecule has 0 aliphatic rings. The van der Waals surface area contributed by atoms with Crippen molar-refractivity contribution in [3.05, 3.63) is 24.0 Å². The summed E-state index contributed by atoms with van der Waals surface area (Å²) in [6, 6.07) is 0. The molecule has 2 heterocycles. The molecule has 0 aliphatic carbocycles. The van der Waals surface area contributed by atoms with Crippen LogP contribution in [-0.2, 0) is 0 Å². The molecule has 0 fully saturated rings. The molecule has 0 amide bonds. The van der Waals surface area contributed by atoms with E-state index >= 15 is 0 Å². The van der Waals surface area contributed by atoms with Gasteiger partial charge in [-0.05, 0) is 16.8 Å². The highest BCUT2D eigenvalue weighted by Crippen LogP contribution is 2.15. The van der Waals surface area contributed by atoms with E-state index in [1.165, 1.54) is 6.33 Å². The number of nitrogens with zero attached hydrogens (tertiary/aromatic N) is 4. The van der Waals surface area contributed by atoms with Gasteiger partial charge in [-0.15, -0.1) is 0 Å². The van der Waals surface area contributed by atoms with Gasteiger partial charge in [0.25, 0.3) is 11.2 Å². The Labute approximate surface area is 72.4 Å². The fraction of sp³-hybridized carbons (Fsp3) is 0. The van der Waals surface area contributed by atoms with Gasteiger partial charge in [0.1, 0.15) is 6.33 Å². The summed E-state index contributed by atoms with van der Waals surface area (Å²) in [5.74, 6) is 0.320. The van der Waals surface area contributed by atoms with E-state index in [0.717, 1.165) is 0 Å². The van der Waals surface area contributed by atoms with E-state index < -0.39 is 0 Å². The Hall–Kier alpha value is -1.49. The third kappa shape index (κ3) is 1.26. The van der Waals surface area contributed by atoms with Crippen LogP contribution >= 0.6 is 11.6 Å². The van der Waals surface area contributed by atoms with E-state index in [4.69, 9.17) is 16.1 Å². The lowest BCUT2D eigenvalue weighted by Gasteiger charge is -1.88. The summed E-state index contributed by atoms with van der Waals surface area (Å²) in [4.78, 5) is 11.4. The molecular weight excluding hydrogens is 180 g/mol. The first kappa shape index (κ1) is 7.17. The lowest BCUT2D eigenvalue weighted by molar-refractivity contribution is 0.430. The van der Waals surface area contributed by atoms with Crippen LogP contribution in [0.2, 0.25) is 5.28 Å². The molecule has 12 heavy (non-hydrogen) atoms. The minimum atomic E-state index is 0.0776. The molecule has 5 nitrogen and oxygen atoms in total. The maximum absolute atomic E-state index is 5.45. The SMILES string of the molecule is Clc1noc(-c2cncnc2)n1.